The standard InChI is InChI=1S/C34H43FO3/c1-3-5-7-9-10-11-12-14-28-17-20-30(26-33(28)35)27-15-18-29(19-16-27)34(36)38-32-23-21-31(22-24-32)37-25-13-8-6-4-2/h15-24,26H,3-14,25H2,1-2H3. The summed E-state index contributed by atoms with van der Waals surface area (Å²) in [4.78, 5) is 12.6. The van der Waals surface area contributed by atoms with Crippen LogP contribution >= 0.6 is 0 Å². The highest BCUT2D eigenvalue weighted by molar-refractivity contribution is 5.91. The number of halogens is 1. The van der Waals surface area contributed by atoms with E-state index in [0.717, 1.165) is 48.1 Å². The van der Waals surface area contributed by atoms with Crippen LogP contribution in [0.5, 0.6) is 11.5 Å². The Kier molecular flexibility index (Phi) is 12.9. The second-order valence-electron chi connectivity index (χ2n) is 10.0. The van der Waals surface area contributed by atoms with Gasteiger partial charge in [0.25, 0.3) is 0 Å². The highest BCUT2D eigenvalue weighted by Gasteiger charge is 2.11. The molecule has 3 aromatic carbocycles. The molecule has 3 rings (SSSR count). The minimum Gasteiger partial charge on any atom is -0.494 e. The molecule has 38 heavy (non-hydrogen) atoms. The summed E-state index contributed by atoms with van der Waals surface area (Å²) in [5.74, 6) is 0.647. The van der Waals surface area contributed by atoms with Gasteiger partial charge in [-0.2, -0.15) is 0 Å². The Bertz CT molecular complexity index is 1090. The molecule has 0 saturated carbocycles. The van der Waals surface area contributed by atoms with E-state index in [4.69, 9.17) is 9.47 Å². The summed E-state index contributed by atoms with van der Waals surface area (Å²) in [6.45, 7) is 5.10. The normalized spacial score (nSPS) is 10.9. The molecule has 3 aromatic rings. The summed E-state index contributed by atoms with van der Waals surface area (Å²) in [6.07, 6.45) is 14.0. The topological polar surface area (TPSA) is 35.5 Å². The summed E-state index contributed by atoms with van der Waals surface area (Å²) in [6, 6.07) is 19.7. The highest BCUT2D eigenvalue weighted by atomic mass is 19.1. The van der Waals surface area contributed by atoms with E-state index in [9.17, 15) is 9.18 Å². The van der Waals surface area contributed by atoms with Crippen LogP contribution in [0, 0.1) is 5.82 Å². The number of carbonyl (C=O) groups is 1. The Morgan fingerprint density at radius 1 is 0.658 bits per heavy atom. The van der Waals surface area contributed by atoms with Crippen LogP contribution < -0.4 is 9.47 Å². The summed E-state index contributed by atoms with van der Waals surface area (Å²) < 4.78 is 26.0. The zero-order valence-corrected chi connectivity index (χ0v) is 23.1. The quantitative estimate of drug-likeness (QED) is 0.101. The third-order valence-corrected chi connectivity index (χ3v) is 6.86. The molecule has 0 aliphatic carbocycles. The van der Waals surface area contributed by atoms with Crippen LogP contribution in [0.3, 0.4) is 0 Å². The first-order valence-corrected chi connectivity index (χ1v) is 14.4. The third-order valence-electron chi connectivity index (χ3n) is 6.86. The second kappa shape index (κ2) is 16.7. The average molecular weight is 519 g/mol. The van der Waals surface area contributed by atoms with Gasteiger partial charge < -0.3 is 9.47 Å². The predicted molar refractivity (Wildman–Crippen MR) is 155 cm³/mol. The summed E-state index contributed by atoms with van der Waals surface area (Å²) >= 11 is 0. The Morgan fingerprint density at radius 2 is 1.24 bits per heavy atom. The van der Waals surface area contributed by atoms with E-state index < -0.39 is 5.97 Å². The van der Waals surface area contributed by atoms with Gasteiger partial charge in [0, 0.05) is 0 Å². The first kappa shape index (κ1) is 29.4. The molecule has 204 valence electrons. The van der Waals surface area contributed by atoms with Crippen molar-refractivity contribution in [2.75, 3.05) is 6.61 Å². The molecule has 0 unspecified atom stereocenters. The lowest BCUT2D eigenvalue weighted by molar-refractivity contribution is 0.0734. The number of aryl methyl sites for hydroxylation is 1. The van der Waals surface area contributed by atoms with Crippen molar-refractivity contribution in [3.63, 3.8) is 0 Å². The Labute approximate surface area is 228 Å². The van der Waals surface area contributed by atoms with E-state index in [1.54, 1.807) is 30.3 Å². The van der Waals surface area contributed by atoms with Crippen LogP contribution in [-0.2, 0) is 6.42 Å². The maximum atomic E-state index is 14.7. The minimum atomic E-state index is -0.430. The number of rotatable bonds is 17. The molecule has 0 aliphatic heterocycles. The zero-order chi connectivity index (χ0) is 27.0. The number of benzene rings is 3. The molecule has 0 spiro atoms. The smallest absolute Gasteiger partial charge is 0.343 e. The number of unbranched alkanes of at least 4 members (excludes halogenated alkanes) is 9. The molecule has 0 bridgehead atoms. The largest absolute Gasteiger partial charge is 0.494 e. The van der Waals surface area contributed by atoms with Crippen molar-refractivity contribution in [1.29, 1.82) is 0 Å². The van der Waals surface area contributed by atoms with E-state index in [-0.39, 0.29) is 5.82 Å². The monoisotopic (exact) mass is 518 g/mol. The Balaban J connectivity index is 1.47. The van der Waals surface area contributed by atoms with Crippen LogP contribution in [0.1, 0.15) is 100 Å². The summed E-state index contributed by atoms with van der Waals surface area (Å²) in [5.41, 5.74) is 2.89. The van der Waals surface area contributed by atoms with Crippen molar-refractivity contribution < 1.29 is 18.7 Å². The SMILES string of the molecule is CCCCCCCCCc1ccc(-c2ccc(C(=O)Oc3ccc(OCCCCCC)cc3)cc2)cc1F. The van der Waals surface area contributed by atoms with E-state index in [0.29, 0.717) is 17.9 Å². The molecule has 0 N–H and O–H groups in total. The number of hydrogen-bond donors (Lipinski definition) is 0. The molecule has 0 amide bonds. The van der Waals surface area contributed by atoms with Gasteiger partial charge in [0.15, 0.2) is 0 Å². The van der Waals surface area contributed by atoms with Crippen molar-refractivity contribution in [3.05, 3.63) is 83.7 Å². The van der Waals surface area contributed by atoms with Crippen LogP contribution in [0.25, 0.3) is 11.1 Å². The Morgan fingerprint density at radius 3 is 1.89 bits per heavy atom. The van der Waals surface area contributed by atoms with E-state index in [1.807, 2.05) is 36.4 Å². The molecule has 0 fully saturated rings. The average Bonchev–Trinajstić information content (AvgIpc) is 2.94. The molecular formula is C34H43FO3. The lowest BCUT2D eigenvalue weighted by Gasteiger charge is -2.09. The highest BCUT2D eigenvalue weighted by Crippen LogP contribution is 2.25. The lowest BCUT2D eigenvalue weighted by atomic mass is 9.99. The number of ether oxygens (including phenoxy) is 2. The summed E-state index contributed by atoms with van der Waals surface area (Å²) in [5, 5.41) is 0. The van der Waals surface area contributed by atoms with Gasteiger partial charge in [0.1, 0.15) is 17.3 Å². The van der Waals surface area contributed by atoms with E-state index in [2.05, 4.69) is 13.8 Å². The van der Waals surface area contributed by atoms with Crippen molar-refractivity contribution in [2.24, 2.45) is 0 Å². The van der Waals surface area contributed by atoms with Crippen LogP contribution in [0.2, 0.25) is 0 Å². The van der Waals surface area contributed by atoms with Crippen molar-refractivity contribution in [1.82, 2.24) is 0 Å². The van der Waals surface area contributed by atoms with Gasteiger partial charge in [-0.1, -0.05) is 95.9 Å². The van der Waals surface area contributed by atoms with Gasteiger partial charge in [-0.25, -0.2) is 9.18 Å². The number of hydrogen-bond acceptors (Lipinski definition) is 3. The second-order valence-corrected chi connectivity index (χ2v) is 10.0. The molecule has 0 radical (unpaired) electrons. The molecule has 3 nitrogen and oxygen atoms in total. The predicted octanol–water partition coefficient (Wildman–Crippen LogP) is 9.96. The van der Waals surface area contributed by atoms with Crippen LogP contribution in [-0.4, -0.2) is 12.6 Å². The maximum Gasteiger partial charge on any atom is 0.343 e. The fourth-order valence-electron chi connectivity index (χ4n) is 4.49. The number of esters is 1. The summed E-state index contributed by atoms with van der Waals surface area (Å²) in [7, 11) is 0. The fraction of sp³-hybridized carbons (Fsp3) is 0.441. The van der Waals surface area contributed by atoms with Crippen molar-refractivity contribution >= 4 is 5.97 Å². The minimum absolute atomic E-state index is 0.162. The molecule has 0 aliphatic rings. The first-order valence-electron chi connectivity index (χ1n) is 14.4. The molecule has 0 saturated heterocycles. The van der Waals surface area contributed by atoms with Gasteiger partial charge in [0.05, 0.1) is 12.2 Å². The van der Waals surface area contributed by atoms with Crippen molar-refractivity contribution in [2.45, 2.75) is 90.9 Å². The molecule has 0 atom stereocenters. The van der Waals surface area contributed by atoms with E-state index >= 15 is 0 Å². The van der Waals surface area contributed by atoms with Crippen LogP contribution in [0.15, 0.2) is 66.7 Å². The first-order chi connectivity index (χ1) is 18.6. The lowest BCUT2D eigenvalue weighted by Crippen LogP contribution is -2.08. The number of carbonyl (C=O) groups excluding carboxylic acids is 1. The van der Waals surface area contributed by atoms with Gasteiger partial charge in [-0.15, -0.1) is 0 Å². The maximum absolute atomic E-state index is 14.7. The van der Waals surface area contributed by atoms with Gasteiger partial charge in [0.2, 0.25) is 0 Å². The van der Waals surface area contributed by atoms with Gasteiger partial charge in [-0.3, -0.25) is 0 Å². The zero-order valence-electron chi connectivity index (χ0n) is 23.1. The Hall–Kier alpha value is -3.14. The third kappa shape index (κ3) is 9.96. The van der Waals surface area contributed by atoms with Gasteiger partial charge in [-0.05, 0) is 78.4 Å². The van der Waals surface area contributed by atoms with Gasteiger partial charge >= 0.3 is 5.97 Å². The van der Waals surface area contributed by atoms with Crippen LogP contribution in [0.4, 0.5) is 4.39 Å². The van der Waals surface area contributed by atoms with E-state index in [1.165, 1.54) is 51.4 Å². The molecular weight excluding hydrogens is 475 g/mol. The molecule has 4 heteroatoms. The molecule has 0 aromatic heterocycles. The molecule has 0 heterocycles. The van der Waals surface area contributed by atoms with Crippen molar-refractivity contribution in [3.8, 4) is 22.6 Å². The fourth-order valence-corrected chi connectivity index (χ4v) is 4.49.